The molecule has 22 heavy (non-hydrogen) atoms. The lowest BCUT2D eigenvalue weighted by Crippen LogP contribution is -2.27. The van der Waals surface area contributed by atoms with Gasteiger partial charge in [-0.25, -0.2) is 0 Å². The number of nitrogens with one attached hydrogen (secondary N) is 1. The van der Waals surface area contributed by atoms with Crippen molar-refractivity contribution >= 4 is 22.8 Å². The molecule has 1 aromatic heterocycles. The summed E-state index contributed by atoms with van der Waals surface area (Å²) in [6.45, 7) is 2.00. The van der Waals surface area contributed by atoms with Crippen molar-refractivity contribution in [2.24, 2.45) is 0 Å². The molecule has 0 spiro atoms. The molecule has 0 atom stereocenters. The summed E-state index contributed by atoms with van der Waals surface area (Å²) in [6.07, 6.45) is 0.138. The van der Waals surface area contributed by atoms with E-state index in [1.807, 2.05) is 18.2 Å². The molecule has 6 heteroatoms. The second-order valence-corrected chi connectivity index (χ2v) is 4.76. The molecule has 2 aromatic rings. The number of carbonyl (C=O) groups is 2. The highest BCUT2D eigenvalue weighted by molar-refractivity contribution is 5.98. The highest BCUT2D eigenvalue weighted by Crippen LogP contribution is 2.21. The van der Waals surface area contributed by atoms with Crippen LogP contribution in [0.25, 0.3) is 10.9 Å². The Bertz CT molecular complexity index is 713. The summed E-state index contributed by atoms with van der Waals surface area (Å²) in [4.78, 5) is 27.6. The van der Waals surface area contributed by atoms with E-state index in [1.165, 1.54) is 7.11 Å². The van der Waals surface area contributed by atoms with Crippen molar-refractivity contribution in [2.45, 2.75) is 13.3 Å². The number of methoxy groups -OCH3 is 2. The van der Waals surface area contributed by atoms with Crippen molar-refractivity contribution < 1.29 is 19.1 Å². The lowest BCUT2D eigenvalue weighted by molar-refractivity contribution is -0.140. The van der Waals surface area contributed by atoms with E-state index in [2.05, 4.69) is 15.0 Å². The van der Waals surface area contributed by atoms with Crippen LogP contribution in [0.15, 0.2) is 24.3 Å². The first-order valence-corrected chi connectivity index (χ1v) is 6.85. The van der Waals surface area contributed by atoms with Gasteiger partial charge in [-0.15, -0.1) is 0 Å². The molecule has 0 aliphatic heterocycles. The van der Waals surface area contributed by atoms with Gasteiger partial charge in [0.05, 0.1) is 37.4 Å². The summed E-state index contributed by atoms with van der Waals surface area (Å²) in [5.74, 6) is 0.0991. The Hall–Kier alpha value is -2.63. The molecule has 1 N–H and O–H groups in total. The third-order valence-electron chi connectivity index (χ3n) is 3.30. The van der Waals surface area contributed by atoms with Crippen LogP contribution in [0.1, 0.15) is 22.5 Å². The Balaban J connectivity index is 2.18. The Morgan fingerprint density at radius 2 is 2.00 bits per heavy atom. The molecule has 0 radical (unpaired) electrons. The third kappa shape index (κ3) is 3.52. The average Bonchev–Trinajstić information content (AvgIpc) is 2.53. The van der Waals surface area contributed by atoms with Crippen molar-refractivity contribution in [3.8, 4) is 5.75 Å². The molecule has 6 nitrogen and oxygen atoms in total. The minimum Gasteiger partial charge on any atom is -0.497 e. The molecule has 116 valence electrons. The number of fused-ring (bicyclic) bond motifs is 1. The number of hydrogen-bond donors (Lipinski definition) is 1. The molecule has 0 unspecified atom stereocenters. The van der Waals surface area contributed by atoms with Gasteiger partial charge in [-0.2, -0.15) is 0 Å². The van der Waals surface area contributed by atoms with Crippen LogP contribution in [0, 0.1) is 6.92 Å². The van der Waals surface area contributed by atoms with E-state index in [0.717, 1.165) is 16.7 Å². The van der Waals surface area contributed by atoms with Gasteiger partial charge in [-0.1, -0.05) is 0 Å². The van der Waals surface area contributed by atoms with Crippen LogP contribution in [-0.2, 0) is 9.53 Å². The van der Waals surface area contributed by atoms with Gasteiger partial charge in [0.25, 0.3) is 5.91 Å². The normalized spacial score (nSPS) is 10.3. The maximum atomic E-state index is 12.2. The number of aromatic nitrogens is 1. The van der Waals surface area contributed by atoms with Crippen LogP contribution < -0.4 is 10.1 Å². The van der Waals surface area contributed by atoms with Gasteiger partial charge in [0, 0.05) is 18.0 Å². The van der Waals surface area contributed by atoms with E-state index in [-0.39, 0.29) is 24.8 Å². The molecule has 0 aliphatic carbocycles. The summed E-state index contributed by atoms with van der Waals surface area (Å²) >= 11 is 0. The van der Waals surface area contributed by atoms with Crippen molar-refractivity contribution in [3.63, 3.8) is 0 Å². The Kier molecular flexibility index (Phi) is 4.93. The van der Waals surface area contributed by atoms with E-state index < -0.39 is 0 Å². The number of ether oxygens (including phenoxy) is 2. The second kappa shape index (κ2) is 6.89. The molecule has 0 saturated carbocycles. The Morgan fingerprint density at radius 3 is 2.68 bits per heavy atom. The van der Waals surface area contributed by atoms with E-state index in [9.17, 15) is 9.59 Å². The summed E-state index contributed by atoms with van der Waals surface area (Å²) in [7, 11) is 2.91. The first-order valence-electron chi connectivity index (χ1n) is 6.85. The fourth-order valence-corrected chi connectivity index (χ4v) is 2.08. The van der Waals surface area contributed by atoms with Gasteiger partial charge < -0.3 is 14.8 Å². The fourth-order valence-electron chi connectivity index (χ4n) is 2.08. The fraction of sp³-hybridized carbons (Fsp3) is 0.312. The van der Waals surface area contributed by atoms with Crippen molar-refractivity contribution in [1.82, 2.24) is 10.3 Å². The summed E-state index contributed by atoms with van der Waals surface area (Å²) < 4.78 is 9.69. The summed E-state index contributed by atoms with van der Waals surface area (Å²) in [5.41, 5.74) is 1.88. The van der Waals surface area contributed by atoms with Crippen molar-refractivity contribution in [3.05, 3.63) is 35.5 Å². The zero-order chi connectivity index (χ0) is 16.1. The van der Waals surface area contributed by atoms with Gasteiger partial charge in [-0.3, -0.25) is 14.6 Å². The number of hydrogen-bond acceptors (Lipinski definition) is 5. The molecular weight excluding hydrogens is 284 g/mol. The molecule has 0 fully saturated rings. The number of rotatable bonds is 5. The van der Waals surface area contributed by atoms with Crippen LogP contribution in [0.3, 0.4) is 0 Å². The number of carbonyl (C=O) groups excluding carboxylic acids is 2. The summed E-state index contributed by atoms with van der Waals surface area (Å²) in [6, 6.07) is 7.27. The Labute approximate surface area is 128 Å². The number of amides is 1. The van der Waals surface area contributed by atoms with Gasteiger partial charge >= 0.3 is 5.97 Å². The monoisotopic (exact) mass is 302 g/mol. The maximum Gasteiger partial charge on any atom is 0.307 e. The van der Waals surface area contributed by atoms with Crippen molar-refractivity contribution in [1.29, 1.82) is 0 Å². The van der Waals surface area contributed by atoms with Crippen LogP contribution in [0.2, 0.25) is 0 Å². The zero-order valence-electron chi connectivity index (χ0n) is 12.8. The molecule has 1 amide bonds. The third-order valence-corrected chi connectivity index (χ3v) is 3.30. The predicted molar refractivity (Wildman–Crippen MR) is 82.0 cm³/mol. The van der Waals surface area contributed by atoms with Crippen molar-refractivity contribution in [2.75, 3.05) is 20.8 Å². The van der Waals surface area contributed by atoms with E-state index in [1.54, 1.807) is 20.1 Å². The molecule has 0 saturated heterocycles. The quantitative estimate of drug-likeness (QED) is 0.853. The zero-order valence-corrected chi connectivity index (χ0v) is 12.8. The first kappa shape index (κ1) is 15.8. The number of aryl methyl sites for hydroxylation is 1. The Morgan fingerprint density at radius 1 is 1.23 bits per heavy atom. The van der Waals surface area contributed by atoms with Crippen LogP contribution >= 0.6 is 0 Å². The molecule has 0 aliphatic rings. The lowest BCUT2D eigenvalue weighted by atomic mass is 10.1. The van der Waals surface area contributed by atoms with Gasteiger partial charge in [0.1, 0.15) is 5.75 Å². The molecule has 2 rings (SSSR count). The maximum absolute atomic E-state index is 12.2. The number of nitrogens with zero attached hydrogens (tertiary/aromatic N) is 1. The summed E-state index contributed by atoms with van der Waals surface area (Å²) in [5, 5.41) is 3.54. The molecule has 0 bridgehead atoms. The minimum absolute atomic E-state index is 0.138. The number of benzene rings is 1. The highest BCUT2D eigenvalue weighted by Gasteiger charge is 2.12. The standard InChI is InChI=1S/C16H18N2O4/c1-10-13(16(20)17-7-6-15(19)22-3)8-11-4-5-12(21-2)9-14(11)18-10/h4-5,8-9H,6-7H2,1-3H3,(H,17,20). The van der Waals surface area contributed by atoms with E-state index in [4.69, 9.17) is 4.74 Å². The van der Waals surface area contributed by atoms with E-state index in [0.29, 0.717) is 11.3 Å². The lowest BCUT2D eigenvalue weighted by Gasteiger charge is -2.09. The largest absolute Gasteiger partial charge is 0.497 e. The number of esters is 1. The van der Waals surface area contributed by atoms with Crippen LogP contribution in [0.5, 0.6) is 5.75 Å². The minimum atomic E-state index is -0.360. The molecular formula is C16H18N2O4. The smallest absolute Gasteiger partial charge is 0.307 e. The van der Waals surface area contributed by atoms with Crippen LogP contribution in [0.4, 0.5) is 0 Å². The van der Waals surface area contributed by atoms with Gasteiger partial charge in [0.2, 0.25) is 0 Å². The number of pyridine rings is 1. The molecule has 1 aromatic carbocycles. The van der Waals surface area contributed by atoms with Gasteiger partial charge in [-0.05, 0) is 25.1 Å². The molecule has 1 heterocycles. The predicted octanol–water partition coefficient (Wildman–Crippen LogP) is 1.84. The van der Waals surface area contributed by atoms with Gasteiger partial charge in [0.15, 0.2) is 0 Å². The first-order chi connectivity index (χ1) is 10.5. The van der Waals surface area contributed by atoms with E-state index >= 15 is 0 Å². The van der Waals surface area contributed by atoms with Crippen LogP contribution in [-0.4, -0.2) is 37.6 Å². The highest BCUT2D eigenvalue weighted by atomic mass is 16.5. The SMILES string of the molecule is COC(=O)CCNC(=O)c1cc2ccc(OC)cc2nc1C. The average molecular weight is 302 g/mol. The topological polar surface area (TPSA) is 77.5 Å². The second-order valence-electron chi connectivity index (χ2n) is 4.76.